The first-order chi connectivity index (χ1) is 9.24. The molecular weight excluding hydrogens is 276 g/mol. The molecule has 2 aliphatic heterocycles. The molecule has 0 aromatic heterocycles. The second kappa shape index (κ2) is 7.10. The number of amides is 1. The van der Waals surface area contributed by atoms with Crippen molar-refractivity contribution in [3.63, 3.8) is 0 Å². The van der Waals surface area contributed by atoms with Crippen LogP contribution in [-0.2, 0) is 9.53 Å². The summed E-state index contributed by atoms with van der Waals surface area (Å²) in [5.41, 5.74) is 0. The van der Waals surface area contributed by atoms with E-state index in [-0.39, 0.29) is 18.3 Å². The van der Waals surface area contributed by atoms with Crippen LogP contribution in [-0.4, -0.2) is 49.2 Å². The van der Waals surface area contributed by atoms with Crippen LogP contribution < -0.4 is 5.32 Å². The lowest BCUT2D eigenvalue weighted by molar-refractivity contribution is -0.138. The number of piperidine rings is 1. The number of carbonyl (C=O) groups is 1. The summed E-state index contributed by atoms with van der Waals surface area (Å²) in [7, 11) is 0. The minimum Gasteiger partial charge on any atom is -0.381 e. The maximum absolute atomic E-state index is 12.8. The van der Waals surface area contributed by atoms with E-state index in [2.05, 4.69) is 17.1 Å². The van der Waals surface area contributed by atoms with Crippen molar-refractivity contribution < 1.29 is 9.53 Å². The summed E-state index contributed by atoms with van der Waals surface area (Å²) < 4.78 is 5.45. The highest BCUT2D eigenvalue weighted by Gasteiger charge is 2.38. The smallest absolute Gasteiger partial charge is 0.226 e. The highest BCUT2D eigenvalue weighted by atomic mass is 35.5. The summed E-state index contributed by atoms with van der Waals surface area (Å²) in [5.74, 6) is 1.24. The largest absolute Gasteiger partial charge is 0.381 e. The molecule has 0 aromatic carbocycles. The van der Waals surface area contributed by atoms with Gasteiger partial charge < -0.3 is 15.0 Å². The zero-order valence-electron chi connectivity index (χ0n) is 12.3. The van der Waals surface area contributed by atoms with E-state index in [0.29, 0.717) is 23.9 Å². The fourth-order valence-electron chi connectivity index (χ4n) is 3.40. The average Bonchev–Trinajstić information content (AvgIpc) is 3.12. The fraction of sp³-hybridized carbons (Fsp3) is 0.933. The zero-order chi connectivity index (χ0) is 13.2. The first-order valence-electron chi connectivity index (χ1n) is 7.85. The summed E-state index contributed by atoms with van der Waals surface area (Å²) in [6, 6.07) is 1.02. The average molecular weight is 303 g/mol. The number of halogens is 1. The Morgan fingerprint density at radius 3 is 2.70 bits per heavy atom. The fourth-order valence-corrected chi connectivity index (χ4v) is 3.40. The zero-order valence-corrected chi connectivity index (χ0v) is 13.2. The summed E-state index contributed by atoms with van der Waals surface area (Å²) >= 11 is 0. The molecule has 4 nitrogen and oxygen atoms in total. The molecule has 1 unspecified atom stereocenters. The Labute approximate surface area is 128 Å². The van der Waals surface area contributed by atoms with Gasteiger partial charge in [0.1, 0.15) is 0 Å². The SMILES string of the molecule is C[C@H]1C[C@@H](C(=O)N(CC2CCOC2)C2CC2)CCN1.Cl. The molecule has 3 aliphatic rings. The lowest BCUT2D eigenvalue weighted by Gasteiger charge is -2.33. The van der Waals surface area contributed by atoms with Crippen molar-refractivity contribution in [1.29, 1.82) is 0 Å². The number of nitrogens with one attached hydrogen (secondary N) is 1. The summed E-state index contributed by atoms with van der Waals surface area (Å²) in [5, 5.41) is 3.43. The van der Waals surface area contributed by atoms with Gasteiger partial charge in [0.05, 0.1) is 6.61 Å². The van der Waals surface area contributed by atoms with Crippen LogP contribution in [0, 0.1) is 11.8 Å². The molecule has 20 heavy (non-hydrogen) atoms. The van der Waals surface area contributed by atoms with E-state index in [1.54, 1.807) is 0 Å². The molecule has 2 saturated heterocycles. The van der Waals surface area contributed by atoms with Crippen LogP contribution in [0.25, 0.3) is 0 Å². The molecule has 1 amide bonds. The van der Waals surface area contributed by atoms with Crippen molar-refractivity contribution in [2.45, 2.75) is 51.1 Å². The van der Waals surface area contributed by atoms with E-state index in [0.717, 1.165) is 45.6 Å². The van der Waals surface area contributed by atoms with Gasteiger partial charge in [0.2, 0.25) is 5.91 Å². The second-order valence-corrected chi connectivity index (χ2v) is 6.53. The normalized spacial score (nSPS) is 33.5. The van der Waals surface area contributed by atoms with E-state index in [4.69, 9.17) is 4.74 Å². The topological polar surface area (TPSA) is 41.6 Å². The molecule has 1 saturated carbocycles. The molecule has 3 atom stereocenters. The van der Waals surface area contributed by atoms with Gasteiger partial charge in [-0.2, -0.15) is 0 Å². The molecule has 116 valence electrons. The van der Waals surface area contributed by atoms with E-state index >= 15 is 0 Å². The Kier molecular flexibility index (Phi) is 5.70. The highest BCUT2D eigenvalue weighted by Crippen LogP contribution is 2.32. The maximum atomic E-state index is 12.8. The molecule has 3 fully saturated rings. The van der Waals surface area contributed by atoms with Gasteiger partial charge in [0.15, 0.2) is 0 Å². The lowest BCUT2D eigenvalue weighted by atomic mass is 9.91. The molecule has 0 spiro atoms. The van der Waals surface area contributed by atoms with Crippen molar-refractivity contribution in [2.24, 2.45) is 11.8 Å². The molecule has 2 heterocycles. The Bertz CT molecular complexity index is 330. The van der Waals surface area contributed by atoms with Crippen molar-refractivity contribution in [1.82, 2.24) is 10.2 Å². The molecule has 5 heteroatoms. The van der Waals surface area contributed by atoms with Crippen LogP contribution in [0.3, 0.4) is 0 Å². The molecular formula is C15H27ClN2O2. The van der Waals surface area contributed by atoms with Crippen molar-refractivity contribution in [3.8, 4) is 0 Å². The Hall–Kier alpha value is -0.320. The predicted octanol–water partition coefficient (Wildman–Crippen LogP) is 1.82. The summed E-state index contributed by atoms with van der Waals surface area (Å²) in [6.45, 7) is 5.83. The van der Waals surface area contributed by atoms with E-state index in [1.165, 1.54) is 12.8 Å². The van der Waals surface area contributed by atoms with Crippen LogP contribution >= 0.6 is 12.4 Å². The monoisotopic (exact) mass is 302 g/mol. The van der Waals surface area contributed by atoms with Crippen LogP contribution in [0.1, 0.15) is 39.0 Å². The Morgan fingerprint density at radius 2 is 2.10 bits per heavy atom. The Morgan fingerprint density at radius 1 is 1.30 bits per heavy atom. The van der Waals surface area contributed by atoms with Gasteiger partial charge in [-0.1, -0.05) is 0 Å². The third-order valence-corrected chi connectivity index (χ3v) is 4.72. The molecule has 0 aromatic rings. The maximum Gasteiger partial charge on any atom is 0.226 e. The van der Waals surface area contributed by atoms with E-state index < -0.39 is 0 Å². The van der Waals surface area contributed by atoms with Gasteiger partial charge in [-0.05, 0) is 45.6 Å². The van der Waals surface area contributed by atoms with Crippen LogP contribution in [0.5, 0.6) is 0 Å². The summed E-state index contributed by atoms with van der Waals surface area (Å²) in [4.78, 5) is 15.0. The number of rotatable bonds is 4. The quantitative estimate of drug-likeness (QED) is 0.861. The summed E-state index contributed by atoms with van der Waals surface area (Å²) in [6.07, 6.45) is 5.55. The molecule has 1 aliphatic carbocycles. The van der Waals surface area contributed by atoms with Crippen LogP contribution in [0.15, 0.2) is 0 Å². The van der Waals surface area contributed by atoms with Crippen molar-refractivity contribution in [3.05, 3.63) is 0 Å². The van der Waals surface area contributed by atoms with Gasteiger partial charge >= 0.3 is 0 Å². The van der Waals surface area contributed by atoms with Crippen molar-refractivity contribution in [2.75, 3.05) is 26.3 Å². The number of nitrogens with zero attached hydrogens (tertiary/aromatic N) is 1. The van der Waals surface area contributed by atoms with Gasteiger partial charge in [0, 0.05) is 37.1 Å². The lowest BCUT2D eigenvalue weighted by Crippen LogP contribution is -2.46. The molecule has 3 rings (SSSR count). The standard InChI is InChI=1S/C15H26N2O2.ClH/c1-11-8-13(4-6-16-11)15(18)17(14-2-3-14)9-12-5-7-19-10-12;/h11-14,16H,2-10H2,1H3;1H/t11-,12?,13-;/m0./s1. The van der Waals surface area contributed by atoms with Crippen LogP contribution in [0.4, 0.5) is 0 Å². The molecule has 0 radical (unpaired) electrons. The van der Waals surface area contributed by atoms with Gasteiger partial charge in [0.25, 0.3) is 0 Å². The van der Waals surface area contributed by atoms with Gasteiger partial charge in [-0.25, -0.2) is 0 Å². The third kappa shape index (κ3) is 3.86. The van der Waals surface area contributed by atoms with E-state index in [9.17, 15) is 4.79 Å². The Balaban J connectivity index is 0.00000147. The predicted molar refractivity (Wildman–Crippen MR) is 81.1 cm³/mol. The van der Waals surface area contributed by atoms with E-state index in [1.807, 2.05) is 0 Å². The first-order valence-corrected chi connectivity index (χ1v) is 7.85. The second-order valence-electron chi connectivity index (χ2n) is 6.53. The minimum absolute atomic E-state index is 0. The highest BCUT2D eigenvalue weighted by molar-refractivity contribution is 5.85. The van der Waals surface area contributed by atoms with Gasteiger partial charge in [-0.15, -0.1) is 12.4 Å². The van der Waals surface area contributed by atoms with Crippen molar-refractivity contribution >= 4 is 18.3 Å². The number of ether oxygens (including phenoxy) is 1. The molecule has 0 bridgehead atoms. The van der Waals surface area contributed by atoms with Gasteiger partial charge in [-0.3, -0.25) is 4.79 Å². The van der Waals surface area contributed by atoms with Crippen LogP contribution in [0.2, 0.25) is 0 Å². The minimum atomic E-state index is 0. The molecule has 1 N–H and O–H groups in total. The first kappa shape index (κ1) is 16.1. The number of hydrogen-bond donors (Lipinski definition) is 1. The number of carbonyl (C=O) groups excluding carboxylic acids is 1. The third-order valence-electron chi connectivity index (χ3n) is 4.72. The number of hydrogen-bond acceptors (Lipinski definition) is 3.